The Morgan fingerprint density at radius 2 is 1.75 bits per heavy atom. The first-order valence-electron chi connectivity index (χ1n) is 10.6. The molecule has 1 saturated heterocycles. The molecule has 0 radical (unpaired) electrons. The Labute approximate surface area is 188 Å². The van der Waals surface area contributed by atoms with Crippen molar-refractivity contribution in [1.29, 1.82) is 0 Å². The van der Waals surface area contributed by atoms with Crippen molar-refractivity contribution in [1.82, 2.24) is 9.88 Å². The molecule has 172 valence electrons. The molecular weight excluding hydrogens is 410 g/mol. The third kappa shape index (κ3) is 6.26. The van der Waals surface area contributed by atoms with Gasteiger partial charge in [-0.05, 0) is 57.5 Å². The number of methoxy groups -OCH3 is 1. The number of anilines is 3. The molecule has 32 heavy (non-hydrogen) atoms. The number of urea groups is 1. The highest BCUT2D eigenvalue weighted by atomic mass is 16.6. The fraction of sp³-hybridized carbons (Fsp3) is 0.435. The number of pyridine rings is 1. The molecule has 2 aromatic rings. The lowest BCUT2D eigenvalue weighted by molar-refractivity contribution is 0.0240. The van der Waals surface area contributed by atoms with Gasteiger partial charge in [-0.1, -0.05) is 6.07 Å². The predicted molar refractivity (Wildman–Crippen MR) is 125 cm³/mol. The Balaban J connectivity index is 1.53. The van der Waals surface area contributed by atoms with Crippen LogP contribution in [0.4, 0.5) is 26.8 Å². The Morgan fingerprint density at radius 1 is 1.03 bits per heavy atom. The molecule has 3 amide bonds. The van der Waals surface area contributed by atoms with Gasteiger partial charge in [-0.25, -0.2) is 14.6 Å². The van der Waals surface area contributed by atoms with Crippen LogP contribution in [0.1, 0.15) is 26.3 Å². The van der Waals surface area contributed by atoms with Crippen molar-refractivity contribution in [3.63, 3.8) is 0 Å². The minimum absolute atomic E-state index is 0.291. The molecule has 0 saturated carbocycles. The zero-order chi connectivity index (χ0) is 23.3. The largest absolute Gasteiger partial charge is 0.495 e. The summed E-state index contributed by atoms with van der Waals surface area (Å²) in [6.07, 6.45) is 1.32. The molecule has 9 heteroatoms. The van der Waals surface area contributed by atoms with Gasteiger partial charge in [-0.2, -0.15) is 0 Å². The number of carbonyl (C=O) groups is 2. The minimum atomic E-state index is -0.505. The second kappa shape index (κ2) is 9.76. The van der Waals surface area contributed by atoms with Crippen molar-refractivity contribution in [2.24, 2.45) is 0 Å². The summed E-state index contributed by atoms with van der Waals surface area (Å²) in [6, 6.07) is 8.84. The maximum atomic E-state index is 12.4. The number of nitrogens with zero attached hydrogens (tertiary/aromatic N) is 3. The van der Waals surface area contributed by atoms with Gasteiger partial charge in [0.1, 0.15) is 17.2 Å². The molecule has 9 nitrogen and oxygen atoms in total. The third-order valence-corrected chi connectivity index (χ3v) is 4.86. The average molecular weight is 442 g/mol. The molecule has 2 N–H and O–H groups in total. The summed E-state index contributed by atoms with van der Waals surface area (Å²) in [7, 11) is 1.56. The van der Waals surface area contributed by atoms with Gasteiger partial charge in [-0.15, -0.1) is 0 Å². The summed E-state index contributed by atoms with van der Waals surface area (Å²) < 4.78 is 10.7. The molecule has 0 aliphatic carbocycles. The second-order valence-electron chi connectivity index (χ2n) is 8.64. The van der Waals surface area contributed by atoms with E-state index < -0.39 is 5.60 Å². The van der Waals surface area contributed by atoms with Crippen LogP contribution in [-0.2, 0) is 4.74 Å². The van der Waals surface area contributed by atoms with E-state index in [9.17, 15) is 9.59 Å². The number of carbonyl (C=O) groups excluding carboxylic acids is 2. The lowest BCUT2D eigenvalue weighted by atomic mass is 10.2. The molecule has 1 aliphatic heterocycles. The normalized spacial score (nSPS) is 14.0. The van der Waals surface area contributed by atoms with Crippen LogP contribution in [0.15, 0.2) is 36.5 Å². The van der Waals surface area contributed by atoms with E-state index >= 15 is 0 Å². The van der Waals surface area contributed by atoms with Crippen LogP contribution in [-0.4, -0.2) is 60.9 Å². The topological polar surface area (TPSA) is 96.0 Å². The first-order valence-corrected chi connectivity index (χ1v) is 10.6. The predicted octanol–water partition coefficient (Wildman–Crippen LogP) is 4.10. The Hall–Kier alpha value is -3.49. The van der Waals surface area contributed by atoms with Gasteiger partial charge < -0.3 is 29.9 Å². The van der Waals surface area contributed by atoms with Crippen LogP contribution in [0.5, 0.6) is 5.75 Å². The molecule has 1 aromatic carbocycles. The number of hydrogen-bond acceptors (Lipinski definition) is 6. The van der Waals surface area contributed by atoms with E-state index in [0.29, 0.717) is 43.3 Å². The maximum Gasteiger partial charge on any atom is 0.410 e. The second-order valence-corrected chi connectivity index (χ2v) is 8.64. The van der Waals surface area contributed by atoms with Gasteiger partial charge in [0.15, 0.2) is 0 Å². The zero-order valence-corrected chi connectivity index (χ0v) is 19.3. The zero-order valence-electron chi connectivity index (χ0n) is 19.3. The fourth-order valence-corrected chi connectivity index (χ4v) is 3.30. The van der Waals surface area contributed by atoms with Crippen LogP contribution in [0.2, 0.25) is 0 Å². The fourth-order valence-electron chi connectivity index (χ4n) is 3.30. The number of benzene rings is 1. The smallest absolute Gasteiger partial charge is 0.410 e. The van der Waals surface area contributed by atoms with Gasteiger partial charge in [-0.3, -0.25) is 0 Å². The number of rotatable bonds is 4. The molecule has 1 aliphatic rings. The van der Waals surface area contributed by atoms with Crippen LogP contribution in [0.3, 0.4) is 0 Å². The van der Waals surface area contributed by atoms with Gasteiger partial charge in [0, 0.05) is 26.2 Å². The summed E-state index contributed by atoms with van der Waals surface area (Å²) in [5.74, 6) is 1.38. The van der Waals surface area contributed by atoms with Crippen molar-refractivity contribution in [2.45, 2.75) is 33.3 Å². The van der Waals surface area contributed by atoms with E-state index in [2.05, 4.69) is 20.5 Å². The SMILES string of the molecule is COc1ccc(C)cc1NC(=O)Nc1ccc(N2CCN(C(=O)OC(C)(C)C)CC2)nc1. The van der Waals surface area contributed by atoms with Crippen molar-refractivity contribution in [2.75, 3.05) is 48.8 Å². The van der Waals surface area contributed by atoms with E-state index in [-0.39, 0.29) is 12.1 Å². The molecule has 0 unspecified atom stereocenters. The average Bonchev–Trinajstić information content (AvgIpc) is 2.73. The lowest BCUT2D eigenvalue weighted by Gasteiger charge is -2.36. The standard InChI is InChI=1S/C23H31N5O4/c1-16-6-8-19(31-5)18(14-16)26-21(29)25-17-7-9-20(24-15-17)27-10-12-28(13-11-27)22(30)32-23(2,3)4/h6-9,14-15H,10-13H2,1-5H3,(H2,25,26,29). The van der Waals surface area contributed by atoms with Gasteiger partial charge in [0.25, 0.3) is 0 Å². The van der Waals surface area contributed by atoms with Crippen LogP contribution in [0.25, 0.3) is 0 Å². The van der Waals surface area contributed by atoms with Gasteiger partial charge in [0.2, 0.25) is 0 Å². The maximum absolute atomic E-state index is 12.4. The van der Waals surface area contributed by atoms with Gasteiger partial charge >= 0.3 is 12.1 Å². The Kier molecular flexibility index (Phi) is 7.07. The highest BCUT2D eigenvalue weighted by Gasteiger charge is 2.26. The van der Waals surface area contributed by atoms with E-state index in [1.807, 2.05) is 52.0 Å². The third-order valence-electron chi connectivity index (χ3n) is 4.86. The van der Waals surface area contributed by atoms with E-state index in [1.54, 1.807) is 24.3 Å². The van der Waals surface area contributed by atoms with Crippen molar-refractivity contribution >= 4 is 29.3 Å². The first kappa shape index (κ1) is 23.2. The van der Waals surface area contributed by atoms with Gasteiger partial charge in [0.05, 0.1) is 24.7 Å². The number of amides is 3. The van der Waals surface area contributed by atoms with Crippen molar-refractivity contribution in [3.05, 3.63) is 42.1 Å². The number of ether oxygens (including phenoxy) is 2. The van der Waals surface area contributed by atoms with Crippen LogP contribution >= 0.6 is 0 Å². The molecule has 1 fully saturated rings. The summed E-state index contributed by atoms with van der Waals surface area (Å²) in [4.78, 5) is 32.9. The number of piperazine rings is 1. The number of nitrogens with one attached hydrogen (secondary N) is 2. The molecule has 0 spiro atoms. The number of aromatic nitrogens is 1. The quantitative estimate of drug-likeness (QED) is 0.742. The Bertz CT molecular complexity index is 948. The summed E-state index contributed by atoms with van der Waals surface area (Å²) in [5, 5.41) is 5.58. The highest BCUT2D eigenvalue weighted by Crippen LogP contribution is 2.25. The Morgan fingerprint density at radius 3 is 2.34 bits per heavy atom. The first-order chi connectivity index (χ1) is 15.1. The highest BCUT2D eigenvalue weighted by molar-refractivity contribution is 6.00. The van der Waals surface area contributed by atoms with Crippen LogP contribution < -0.4 is 20.3 Å². The molecule has 3 rings (SSSR count). The molecular formula is C23H31N5O4. The van der Waals surface area contributed by atoms with E-state index in [1.165, 1.54) is 0 Å². The van der Waals surface area contributed by atoms with Crippen molar-refractivity contribution < 1.29 is 19.1 Å². The van der Waals surface area contributed by atoms with Crippen molar-refractivity contribution in [3.8, 4) is 5.75 Å². The summed E-state index contributed by atoms with van der Waals surface area (Å²) in [6.45, 7) is 9.97. The van der Waals surface area contributed by atoms with Crippen LogP contribution in [0, 0.1) is 6.92 Å². The molecule has 0 bridgehead atoms. The summed E-state index contributed by atoms with van der Waals surface area (Å²) >= 11 is 0. The molecule has 1 aromatic heterocycles. The van der Waals surface area contributed by atoms with E-state index in [0.717, 1.165) is 11.4 Å². The number of hydrogen-bond donors (Lipinski definition) is 2. The monoisotopic (exact) mass is 441 g/mol. The molecule has 2 heterocycles. The number of aryl methyl sites for hydroxylation is 1. The van der Waals surface area contributed by atoms with E-state index in [4.69, 9.17) is 9.47 Å². The lowest BCUT2D eigenvalue weighted by Crippen LogP contribution is -2.50. The summed E-state index contributed by atoms with van der Waals surface area (Å²) in [5.41, 5.74) is 1.68. The molecule has 0 atom stereocenters. The minimum Gasteiger partial charge on any atom is -0.495 e.